The number of halogens is 3. The van der Waals surface area contributed by atoms with Crippen molar-refractivity contribution < 1.29 is 22.7 Å². The van der Waals surface area contributed by atoms with Crippen molar-refractivity contribution in [3.63, 3.8) is 0 Å². The van der Waals surface area contributed by atoms with Crippen LogP contribution in [-0.2, 0) is 6.42 Å². The monoisotopic (exact) mass is 379 g/mol. The van der Waals surface area contributed by atoms with Crippen LogP contribution in [0, 0.1) is 11.1 Å². The van der Waals surface area contributed by atoms with Crippen molar-refractivity contribution in [3.8, 4) is 5.82 Å². The first-order chi connectivity index (χ1) is 12.8. The lowest BCUT2D eigenvalue weighted by Gasteiger charge is -2.20. The third-order valence-electron chi connectivity index (χ3n) is 5.80. The van der Waals surface area contributed by atoms with Gasteiger partial charge in [-0.1, -0.05) is 0 Å². The summed E-state index contributed by atoms with van der Waals surface area (Å²) in [5.41, 5.74) is -0.658. The standard InChI is InChI=1S/C17H16F3N5O2/c18-17(19,20)16(3-4-16)22-15(26)13-10-2-1-9-7-11(9)14(10)25(23-13)12-8-24(27)6-5-21-12/h5-6,8-9,11H,1-4,7H2,(H,22,26)/t9-,11+/m1/s1. The molecule has 0 spiro atoms. The maximum atomic E-state index is 13.2. The molecular weight excluding hydrogens is 363 g/mol. The molecule has 142 valence electrons. The first-order valence-electron chi connectivity index (χ1n) is 8.85. The van der Waals surface area contributed by atoms with Gasteiger partial charge in [0.05, 0.1) is 11.9 Å². The Kier molecular flexibility index (Phi) is 3.18. The first kappa shape index (κ1) is 16.5. The molecule has 1 N–H and O–H groups in total. The highest BCUT2D eigenvalue weighted by Crippen LogP contribution is 2.55. The molecule has 0 aliphatic heterocycles. The zero-order chi connectivity index (χ0) is 19.0. The van der Waals surface area contributed by atoms with Gasteiger partial charge < -0.3 is 10.5 Å². The molecule has 0 bridgehead atoms. The zero-order valence-electron chi connectivity index (χ0n) is 14.2. The molecule has 0 radical (unpaired) electrons. The number of amides is 1. The van der Waals surface area contributed by atoms with E-state index < -0.39 is 17.6 Å². The zero-order valence-corrected chi connectivity index (χ0v) is 14.2. The summed E-state index contributed by atoms with van der Waals surface area (Å²) in [7, 11) is 0. The van der Waals surface area contributed by atoms with Crippen LogP contribution in [0.15, 0.2) is 18.6 Å². The van der Waals surface area contributed by atoms with Gasteiger partial charge >= 0.3 is 6.18 Å². The summed E-state index contributed by atoms with van der Waals surface area (Å²) in [6.07, 6.45) is 1.50. The number of carbonyl (C=O) groups is 1. The fraction of sp³-hybridized carbons (Fsp3) is 0.529. The quantitative estimate of drug-likeness (QED) is 0.651. The van der Waals surface area contributed by atoms with Crippen LogP contribution in [0.5, 0.6) is 0 Å². The van der Waals surface area contributed by atoms with Crippen LogP contribution >= 0.6 is 0 Å². The third kappa shape index (κ3) is 2.49. The van der Waals surface area contributed by atoms with Gasteiger partial charge in [-0.25, -0.2) is 9.67 Å². The fourth-order valence-corrected chi connectivity index (χ4v) is 4.03. The molecule has 2 heterocycles. The molecule has 2 atom stereocenters. The minimum absolute atomic E-state index is 0.00831. The summed E-state index contributed by atoms with van der Waals surface area (Å²) in [5.74, 6) is 0.150. The molecule has 0 aromatic carbocycles. The van der Waals surface area contributed by atoms with Gasteiger partial charge in [0.15, 0.2) is 11.9 Å². The van der Waals surface area contributed by atoms with E-state index in [4.69, 9.17) is 0 Å². The lowest BCUT2D eigenvalue weighted by Crippen LogP contribution is -2.48. The molecule has 3 aliphatic carbocycles. The lowest BCUT2D eigenvalue weighted by molar-refractivity contribution is -0.605. The molecule has 0 saturated heterocycles. The molecule has 10 heteroatoms. The Morgan fingerprint density at radius 3 is 2.85 bits per heavy atom. The summed E-state index contributed by atoms with van der Waals surface area (Å²) in [5, 5.41) is 18.0. The molecule has 2 saturated carbocycles. The van der Waals surface area contributed by atoms with Crippen LogP contribution in [0.3, 0.4) is 0 Å². The summed E-state index contributed by atoms with van der Waals surface area (Å²) in [4.78, 5) is 16.8. The summed E-state index contributed by atoms with van der Waals surface area (Å²) >= 11 is 0. The number of aromatic nitrogens is 4. The SMILES string of the molecule is O=C(NC1(C(F)(F)F)CC1)c1nn(-c2c[n+]([O-])ccn2)c2c1CC[C@@H]1C[C@H]21. The average molecular weight is 379 g/mol. The molecule has 27 heavy (non-hydrogen) atoms. The van der Waals surface area contributed by atoms with Gasteiger partial charge in [0.25, 0.3) is 5.91 Å². The largest absolute Gasteiger partial charge is 0.619 e. The summed E-state index contributed by atoms with van der Waals surface area (Å²) in [6, 6.07) is 0. The van der Waals surface area contributed by atoms with E-state index in [-0.39, 0.29) is 30.3 Å². The van der Waals surface area contributed by atoms with Crippen LogP contribution in [0.25, 0.3) is 5.82 Å². The molecule has 2 aromatic rings. The van der Waals surface area contributed by atoms with E-state index in [1.54, 1.807) is 0 Å². The van der Waals surface area contributed by atoms with Crippen molar-refractivity contribution in [2.45, 2.75) is 49.7 Å². The number of nitrogens with one attached hydrogen (secondary N) is 1. The average Bonchev–Trinajstić information content (AvgIpc) is 3.51. The highest BCUT2D eigenvalue weighted by molar-refractivity contribution is 5.95. The molecule has 0 unspecified atom stereocenters. The van der Waals surface area contributed by atoms with Crippen molar-refractivity contribution in [1.29, 1.82) is 0 Å². The Balaban J connectivity index is 1.56. The van der Waals surface area contributed by atoms with Gasteiger partial charge in [-0.2, -0.15) is 23.0 Å². The summed E-state index contributed by atoms with van der Waals surface area (Å²) in [6.45, 7) is 0. The highest BCUT2D eigenvalue weighted by atomic mass is 19.4. The Hall–Kier alpha value is -2.65. The van der Waals surface area contributed by atoms with Crippen LogP contribution < -0.4 is 10.0 Å². The molecule has 2 aromatic heterocycles. The minimum atomic E-state index is -4.48. The molecule has 3 aliphatic rings. The smallest absolute Gasteiger partial charge is 0.411 e. The fourth-order valence-electron chi connectivity index (χ4n) is 4.03. The molecule has 2 fully saturated rings. The van der Waals surface area contributed by atoms with Gasteiger partial charge in [0, 0.05) is 11.5 Å². The number of hydrogen-bond acceptors (Lipinski definition) is 4. The van der Waals surface area contributed by atoms with E-state index in [0.717, 1.165) is 18.5 Å². The van der Waals surface area contributed by atoms with Crippen LogP contribution in [0.2, 0.25) is 0 Å². The van der Waals surface area contributed by atoms with Crippen LogP contribution in [0.1, 0.15) is 53.3 Å². The van der Waals surface area contributed by atoms with Gasteiger partial charge in [0.2, 0.25) is 12.0 Å². The highest BCUT2D eigenvalue weighted by Gasteiger charge is 2.64. The van der Waals surface area contributed by atoms with Crippen molar-refractivity contribution in [3.05, 3.63) is 40.7 Å². The summed E-state index contributed by atoms with van der Waals surface area (Å²) < 4.78 is 41.6. The normalized spacial score (nSPS) is 24.7. The number of hydrogen-bond donors (Lipinski definition) is 1. The number of alkyl halides is 3. The van der Waals surface area contributed by atoms with Gasteiger partial charge in [0.1, 0.15) is 5.54 Å². The Morgan fingerprint density at radius 1 is 1.41 bits per heavy atom. The van der Waals surface area contributed by atoms with Crippen molar-refractivity contribution >= 4 is 5.91 Å². The number of nitrogens with zero attached hydrogens (tertiary/aromatic N) is 4. The van der Waals surface area contributed by atoms with Gasteiger partial charge in [-0.05, 0) is 38.0 Å². The van der Waals surface area contributed by atoms with E-state index in [1.807, 2.05) is 0 Å². The van der Waals surface area contributed by atoms with E-state index >= 15 is 0 Å². The Morgan fingerprint density at radius 2 is 2.19 bits per heavy atom. The second-order valence-electron chi connectivity index (χ2n) is 7.57. The van der Waals surface area contributed by atoms with E-state index in [0.29, 0.717) is 22.6 Å². The third-order valence-corrected chi connectivity index (χ3v) is 5.80. The van der Waals surface area contributed by atoms with Crippen molar-refractivity contribution in [2.75, 3.05) is 0 Å². The van der Waals surface area contributed by atoms with E-state index in [9.17, 15) is 23.2 Å². The number of rotatable bonds is 3. The van der Waals surface area contributed by atoms with Crippen molar-refractivity contribution in [1.82, 2.24) is 20.1 Å². The van der Waals surface area contributed by atoms with Crippen molar-refractivity contribution in [2.24, 2.45) is 5.92 Å². The Bertz CT molecular complexity index is 951. The minimum Gasteiger partial charge on any atom is -0.619 e. The first-order valence-corrected chi connectivity index (χ1v) is 8.85. The molecule has 5 rings (SSSR count). The van der Waals surface area contributed by atoms with E-state index in [1.165, 1.54) is 23.3 Å². The van der Waals surface area contributed by atoms with Gasteiger partial charge in [-0.3, -0.25) is 4.79 Å². The Labute approximate surface area is 151 Å². The van der Waals surface area contributed by atoms with E-state index in [2.05, 4.69) is 15.4 Å². The van der Waals surface area contributed by atoms with Crippen LogP contribution in [-0.4, -0.2) is 32.4 Å². The molecule has 7 nitrogen and oxygen atoms in total. The molecular formula is C17H16F3N5O2. The van der Waals surface area contributed by atoms with Crippen LogP contribution in [0.4, 0.5) is 13.2 Å². The topological polar surface area (TPSA) is 86.8 Å². The predicted molar refractivity (Wildman–Crippen MR) is 85.0 cm³/mol. The number of fused-ring (bicyclic) bond motifs is 3. The second-order valence-corrected chi connectivity index (χ2v) is 7.57. The predicted octanol–water partition coefficient (Wildman–Crippen LogP) is 1.78. The lowest BCUT2D eigenvalue weighted by atomic mass is 9.95. The maximum Gasteiger partial charge on any atom is 0.411 e. The molecule has 1 amide bonds. The second kappa shape index (κ2) is 5.20. The number of carbonyl (C=O) groups excluding carboxylic acids is 1. The maximum absolute atomic E-state index is 13.2. The van der Waals surface area contributed by atoms with Gasteiger partial charge in [-0.15, -0.1) is 0 Å².